The molecule has 4 rings (SSSR count). The van der Waals surface area contributed by atoms with Crippen molar-refractivity contribution in [2.24, 2.45) is 11.8 Å². The first-order chi connectivity index (χ1) is 13.0. The second kappa shape index (κ2) is 7.56. The number of nitrogens with zero attached hydrogens (tertiary/aromatic N) is 3. The molecule has 3 atom stereocenters. The maximum absolute atomic E-state index is 13.8. The van der Waals surface area contributed by atoms with E-state index < -0.39 is 0 Å². The SMILES string of the molecule is CC(=O)N1C[C@H]2CN(CC(=O)N3CCOCC3)C[C@H]2[C@@H]1c1cccc(F)c1. The number of carbonyl (C=O) groups is 2. The van der Waals surface area contributed by atoms with E-state index in [9.17, 15) is 14.0 Å². The van der Waals surface area contributed by atoms with Crippen molar-refractivity contribution in [3.8, 4) is 0 Å². The van der Waals surface area contributed by atoms with Gasteiger partial charge in [0.25, 0.3) is 0 Å². The third-order valence-electron chi connectivity index (χ3n) is 6.06. The van der Waals surface area contributed by atoms with Crippen LogP contribution >= 0.6 is 0 Å². The first-order valence-electron chi connectivity index (χ1n) is 9.63. The van der Waals surface area contributed by atoms with E-state index in [1.165, 1.54) is 12.1 Å². The van der Waals surface area contributed by atoms with Gasteiger partial charge in [0.05, 0.1) is 25.8 Å². The van der Waals surface area contributed by atoms with Gasteiger partial charge in [0.2, 0.25) is 11.8 Å². The Hall–Kier alpha value is -1.99. The van der Waals surface area contributed by atoms with Crippen LogP contribution in [0.3, 0.4) is 0 Å². The number of morpholine rings is 1. The zero-order valence-electron chi connectivity index (χ0n) is 15.6. The molecular weight excluding hydrogens is 349 g/mol. The van der Waals surface area contributed by atoms with E-state index in [1.807, 2.05) is 15.9 Å². The Kier molecular flexibility index (Phi) is 5.14. The van der Waals surface area contributed by atoms with E-state index in [-0.39, 0.29) is 29.6 Å². The number of rotatable bonds is 3. The van der Waals surface area contributed by atoms with Crippen molar-refractivity contribution in [3.63, 3.8) is 0 Å². The lowest BCUT2D eigenvalue weighted by Gasteiger charge is -2.31. The molecule has 3 aliphatic heterocycles. The van der Waals surface area contributed by atoms with Gasteiger partial charge in [0.1, 0.15) is 5.82 Å². The van der Waals surface area contributed by atoms with Crippen LogP contribution in [0.1, 0.15) is 18.5 Å². The predicted octanol–water partition coefficient (Wildman–Crippen LogP) is 1.14. The summed E-state index contributed by atoms with van der Waals surface area (Å²) in [5, 5.41) is 0. The maximum Gasteiger partial charge on any atom is 0.236 e. The molecule has 3 aliphatic rings. The van der Waals surface area contributed by atoms with Gasteiger partial charge in [-0.25, -0.2) is 4.39 Å². The van der Waals surface area contributed by atoms with Crippen molar-refractivity contribution in [2.75, 3.05) is 52.5 Å². The fraction of sp³-hybridized carbons (Fsp3) is 0.600. The number of amides is 2. The molecule has 3 fully saturated rings. The summed E-state index contributed by atoms with van der Waals surface area (Å²) in [5.41, 5.74) is 0.846. The molecule has 0 aliphatic carbocycles. The lowest BCUT2D eigenvalue weighted by Crippen LogP contribution is -2.46. The largest absolute Gasteiger partial charge is 0.378 e. The van der Waals surface area contributed by atoms with Crippen LogP contribution in [-0.2, 0) is 14.3 Å². The van der Waals surface area contributed by atoms with Gasteiger partial charge in [0.15, 0.2) is 0 Å². The van der Waals surface area contributed by atoms with Crippen LogP contribution < -0.4 is 0 Å². The minimum atomic E-state index is -0.281. The lowest BCUT2D eigenvalue weighted by molar-refractivity contribution is -0.136. The third kappa shape index (κ3) is 3.71. The van der Waals surface area contributed by atoms with Gasteiger partial charge in [-0.2, -0.15) is 0 Å². The Balaban J connectivity index is 1.47. The van der Waals surface area contributed by atoms with E-state index >= 15 is 0 Å². The number of ether oxygens (including phenoxy) is 1. The summed E-state index contributed by atoms with van der Waals surface area (Å²) in [7, 11) is 0. The molecule has 1 aromatic rings. The normalized spacial score (nSPS) is 28.4. The summed E-state index contributed by atoms with van der Waals surface area (Å²) in [4.78, 5) is 30.6. The van der Waals surface area contributed by atoms with Gasteiger partial charge in [0, 0.05) is 45.6 Å². The van der Waals surface area contributed by atoms with Gasteiger partial charge < -0.3 is 14.5 Å². The van der Waals surface area contributed by atoms with Crippen molar-refractivity contribution < 1.29 is 18.7 Å². The third-order valence-corrected chi connectivity index (χ3v) is 6.06. The van der Waals surface area contributed by atoms with Gasteiger partial charge in [-0.1, -0.05) is 12.1 Å². The van der Waals surface area contributed by atoms with E-state index in [2.05, 4.69) is 4.90 Å². The number of likely N-dealkylation sites (tertiary alicyclic amines) is 2. The summed E-state index contributed by atoms with van der Waals surface area (Å²) >= 11 is 0. The minimum absolute atomic E-state index is 0.0228. The van der Waals surface area contributed by atoms with Crippen LogP contribution in [0.15, 0.2) is 24.3 Å². The van der Waals surface area contributed by atoms with Crippen LogP contribution in [-0.4, -0.2) is 79.0 Å². The van der Waals surface area contributed by atoms with Crippen LogP contribution in [0.4, 0.5) is 4.39 Å². The highest BCUT2D eigenvalue weighted by molar-refractivity contribution is 5.78. The molecule has 27 heavy (non-hydrogen) atoms. The Morgan fingerprint density at radius 3 is 2.67 bits per heavy atom. The van der Waals surface area contributed by atoms with Crippen LogP contribution in [0.25, 0.3) is 0 Å². The number of halogens is 1. The second-order valence-corrected chi connectivity index (χ2v) is 7.78. The fourth-order valence-electron chi connectivity index (χ4n) is 4.81. The summed E-state index contributed by atoms with van der Waals surface area (Å²) in [5.74, 6) is 0.434. The van der Waals surface area contributed by atoms with E-state index in [0.717, 1.165) is 18.7 Å². The summed E-state index contributed by atoms with van der Waals surface area (Å²) < 4.78 is 19.1. The first-order valence-corrected chi connectivity index (χ1v) is 9.63. The zero-order chi connectivity index (χ0) is 19.0. The molecule has 3 saturated heterocycles. The number of carbonyl (C=O) groups excluding carboxylic acids is 2. The molecule has 0 aromatic heterocycles. The molecule has 0 radical (unpaired) electrons. The molecule has 0 unspecified atom stereocenters. The maximum atomic E-state index is 13.8. The molecular formula is C20H26FN3O3. The molecule has 1 aromatic carbocycles. The number of hydrogen-bond acceptors (Lipinski definition) is 4. The molecule has 0 saturated carbocycles. The number of benzene rings is 1. The quantitative estimate of drug-likeness (QED) is 0.795. The lowest BCUT2D eigenvalue weighted by atomic mass is 9.89. The smallest absolute Gasteiger partial charge is 0.236 e. The Morgan fingerprint density at radius 1 is 1.19 bits per heavy atom. The Labute approximate surface area is 158 Å². The van der Waals surface area contributed by atoms with Crippen molar-refractivity contribution in [1.29, 1.82) is 0 Å². The standard InChI is InChI=1S/C20H26FN3O3/c1-14(25)24-11-16-10-22(13-19(26)23-5-7-27-8-6-23)12-18(16)20(24)15-3-2-4-17(21)9-15/h2-4,9,16,18,20H,5-8,10-13H2,1H3/t16-,18-,20+/m1/s1. The first kappa shape index (κ1) is 18.4. The molecule has 6 nitrogen and oxygen atoms in total. The molecule has 0 N–H and O–H groups in total. The van der Waals surface area contributed by atoms with Crippen LogP contribution in [0.2, 0.25) is 0 Å². The molecule has 0 bridgehead atoms. The van der Waals surface area contributed by atoms with Crippen molar-refractivity contribution >= 4 is 11.8 Å². The van der Waals surface area contributed by atoms with Gasteiger partial charge in [-0.05, 0) is 23.6 Å². The predicted molar refractivity (Wildman–Crippen MR) is 97.3 cm³/mol. The molecule has 2 amide bonds. The monoisotopic (exact) mass is 375 g/mol. The van der Waals surface area contributed by atoms with Crippen LogP contribution in [0.5, 0.6) is 0 Å². The average Bonchev–Trinajstić information content (AvgIpc) is 3.19. The van der Waals surface area contributed by atoms with Gasteiger partial charge in [-0.3, -0.25) is 14.5 Å². The Bertz CT molecular complexity index is 722. The number of fused-ring (bicyclic) bond motifs is 1. The molecule has 7 heteroatoms. The minimum Gasteiger partial charge on any atom is -0.378 e. The topological polar surface area (TPSA) is 53.1 Å². The van der Waals surface area contributed by atoms with E-state index in [0.29, 0.717) is 45.3 Å². The highest BCUT2D eigenvalue weighted by atomic mass is 19.1. The van der Waals surface area contributed by atoms with E-state index in [4.69, 9.17) is 4.74 Å². The summed E-state index contributed by atoms with van der Waals surface area (Å²) in [6, 6.07) is 6.44. The van der Waals surface area contributed by atoms with Crippen molar-refractivity contribution in [2.45, 2.75) is 13.0 Å². The summed E-state index contributed by atoms with van der Waals surface area (Å²) in [6.45, 7) is 6.73. The fourth-order valence-corrected chi connectivity index (χ4v) is 4.81. The van der Waals surface area contributed by atoms with Crippen molar-refractivity contribution in [1.82, 2.24) is 14.7 Å². The highest BCUT2D eigenvalue weighted by Gasteiger charge is 2.48. The van der Waals surface area contributed by atoms with Gasteiger partial charge in [-0.15, -0.1) is 0 Å². The van der Waals surface area contributed by atoms with Gasteiger partial charge >= 0.3 is 0 Å². The van der Waals surface area contributed by atoms with Crippen molar-refractivity contribution in [3.05, 3.63) is 35.6 Å². The zero-order valence-corrected chi connectivity index (χ0v) is 15.6. The highest BCUT2D eigenvalue weighted by Crippen LogP contribution is 2.45. The molecule has 146 valence electrons. The average molecular weight is 375 g/mol. The molecule has 0 spiro atoms. The number of hydrogen-bond donors (Lipinski definition) is 0. The Morgan fingerprint density at radius 2 is 1.96 bits per heavy atom. The van der Waals surface area contributed by atoms with E-state index in [1.54, 1.807) is 13.0 Å². The molecule has 3 heterocycles. The second-order valence-electron chi connectivity index (χ2n) is 7.78. The summed E-state index contributed by atoms with van der Waals surface area (Å²) in [6.07, 6.45) is 0. The van der Waals surface area contributed by atoms with Crippen LogP contribution in [0, 0.1) is 17.7 Å².